The predicted octanol–water partition coefficient (Wildman–Crippen LogP) is 1.91. The summed E-state index contributed by atoms with van der Waals surface area (Å²) in [7, 11) is -2.35. The highest BCUT2D eigenvalue weighted by Gasteiger charge is 2.25. The second kappa shape index (κ2) is 6.60. The molecule has 0 aliphatic rings. The van der Waals surface area contributed by atoms with Crippen molar-refractivity contribution in [2.75, 3.05) is 18.5 Å². The summed E-state index contributed by atoms with van der Waals surface area (Å²) >= 11 is 0. The van der Waals surface area contributed by atoms with Crippen LogP contribution in [0.3, 0.4) is 0 Å². The third-order valence-electron chi connectivity index (χ3n) is 2.11. The van der Waals surface area contributed by atoms with E-state index in [1.54, 1.807) is 13.8 Å². The van der Waals surface area contributed by atoms with Gasteiger partial charge in [-0.3, -0.25) is 0 Å². The maximum Gasteiger partial charge on any atom is 0.0927 e. The molecule has 0 saturated carbocycles. The highest BCUT2D eigenvalue weighted by atomic mass is 31.2. The number of aliphatic hydroxyl groups is 2. The van der Waals surface area contributed by atoms with Crippen molar-refractivity contribution in [3.05, 3.63) is 0 Å². The summed E-state index contributed by atoms with van der Waals surface area (Å²) in [4.78, 5) is 0. The molecule has 4 heteroatoms. The zero-order valence-corrected chi connectivity index (χ0v) is 10.3. The van der Waals surface area contributed by atoms with Gasteiger partial charge in [-0.15, -0.1) is 0 Å². The Balaban J connectivity index is 4.26. The SMILES string of the molecule is CCCCP(=O)(CC(C)O)CC(C)O. The topological polar surface area (TPSA) is 57.5 Å². The Morgan fingerprint density at radius 2 is 1.57 bits per heavy atom. The molecule has 0 rings (SSSR count). The summed E-state index contributed by atoms with van der Waals surface area (Å²) in [5, 5.41) is 18.5. The molecule has 0 aromatic heterocycles. The molecular weight excluding hydrogens is 199 g/mol. The van der Waals surface area contributed by atoms with Crippen LogP contribution in [-0.4, -0.2) is 40.9 Å². The molecular formula is C10H23O3P. The number of aliphatic hydroxyl groups excluding tert-OH is 2. The molecule has 0 spiro atoms. The monoisotopic (exact) mass is 222 g/mol. The Morgan fingerprint density at radius 3 is 1.86 bits per heavy atom. The zero-order chi connectivity index (χ0) is 11.2. The maximum atomic E-state index is 12.3. The minimum Gasteiger partial charge on any atom is -0.393 e. The molecule has 0 aliphatic heterocycles. The summed E-state index contributed by atoms with van der Waals surface area (Å²) in [5.41, 5.74) is 0. The van der Waals surface area contributed by atoms with Gasteiger partial charge in [-0.05, 0) is 20.3 Å². The lowest BCUT2D eigenvalue weighted by atomic mass is 10.4. The Labute approximate surface area is 86.9 Å². The molecule has 0 radical (unpaired) electrons. The lowest BCUT2D eigenvalue weighted by molar-refractivity contribution is 0.209. The fraction of sp³-hybridized carbons (Fsp3) is 1.00. The van der Waals surface area contributed by atoms with Gasteiger partial charge in [0.05, 0.1) is 19.3 Å². The number of rotatable bonds is 7. The molecule has 0 heterocycles. The summed E-state index contributed by atoms with van der Waals surface area (Å²) < 4.78 is 12.3. The van der Waals surface area contributed by atoms with Crippen molar-refractivity contribution in [1.82, 2.24) is 0 Å². The highest BCUT2D eigenvalue weighted by Crippen LogP contribution is 2.47. The van der Waals surface area contributed by atoms with Crippen LogP contribution in [0, 0.1) is 0 Å². The highest BCUT2D eigenvalue weighted by molar-refractivity contribution is 7.64. The Hall–Kier alpha value is 0.150. The standard InChI is InChI=1S/C10H23O3P/c1-4-5-6-14(13,7-9(2)11)8-10(3)12/h9-12H,4-8H2,1-3H3. The molecule has 0 aliphatic carbocycles. The molecule has 3 nitrogen and oxygen atoms in total. The summed E-state index contributed by atoms with van der Waals surface area (Å²) in [6, 6.07) is 0. The van der Waals surface area contributed by atoms with Gasteiger partial charge in [0.15, 0.2) is 0 Å². The molecule has 2 N–H and O–H groups in total. The number of hydrogen-bond donors (Lipinski definition) is 2. The Kier molecular flexibility index (Phi) is 6.67. The molecule has 0 fully saturated rings. The first-order valence-corrected chi connectivity index (χ1v) is 7.59. The van der Waals surface area contributed by atoms with Gasteiger partial charge in [0, 0.05) is 18.5 Å². The van der Waals surface area contributed by atoms with Crippen molar-refractivity contribution in [2.24, 2.45) is 0 Å². The van der Waals surface area contributed by atoms with Gasteiger partial charge < -0.3 is 14.8 Å². The summed E-state index contributed by atoms with van der Waals surface area (Å²) in [6.45, 7) is 5.36. The summed E-state index contributed by atoms with van der Waals surface area (Å²) in [6.07, 6.45) is 2.20. The number of unbranched alkanes of at least 4 members (excludes halogenated alkanes) is 1. The van der Waals surface area contributed by atoms with Gasteiger partial charge in [0.2, 0.25) is 0 Å². The second-order valence-corrected chi connectivity index (χ2v) is 7.49. The summed E-state index contributed by atoms with van der Waals surface area (Å²) in [5.74, 6) is 0. The quantitative estimate of drug-likeness (QED) is 0.647. The van der Waals surface area contributed by atoms with Gasteiger partial charge in [0.25, 0.3) is 0 Å². The normalized spacial score (nSPS) is 20.1. The minimum atomic E-state index is -2.35. The van der Waals surface area contributed by atoms with Crippen molar-refractivity contribution in [1.29, 1.82) is 0 Å². The van der Waals surface area contributed by atoms with Crippen LogP contribution in [0.4, 0.5) is 0 Å². The minimum absolute atomic E-state index is 0.345. The zero-order valence-electron chi connectivity index (χ0n) is 9.44. The van der Waals surface area contributed by atoms with E-state index in [0.717, 1.165) is 12.8 Å². The van der Waals surface area contributed by atoms with Crippen molar-refractivity contribution >= 4 is 7.14 Å². The van der Waals surface area contributed by atoms with Crippen LogP contribution < -0.4 is 0 Å². The molecule has 0 amide bonds. The molecule has 0 saturated heterocycles. The molecule has 0 aromatic carbocycles. The van der Waals surface area contributed by atoms with E-state index in [-0.39, 0.29) is 0 Å². The fourth-order valence-corrected chi connectivity index (χ4v) is 5.00. The molecule has 86 valence electrons. The van der Waals surface area contributed by atoms with Crippen molar-refractivity contribution in [3.63, 3.8) is 0 Å². The predicted molar refractivity (Wildman–Crippen MR) is 60.5 cm³/mol. The van der Waals surface area contributed by atoms with E-state index in [4.69, 9.17) is 0 Å². The van der Waals surface area contributed by atoms with Crippen LogP contribution in [0.2, 0.25) is 0 Å². The van der Waals surface area contributed by atoms with Crippen LogP contribution in [0.1, 0.15) is 33.6 Å². The number of hydrogen-bond acceptors (Lipinski definition) is 3. The van der Waals surface area contributed by atoms with E-state index in [9.17, 15) is 14.8 Å². The average Bonchev–Trinajstić information content (AvgIpc) is 1.97. The Morgan fingerprint density at radius 1 is 1.14 bits per heavy atom. The van der Waals surface area contributed by atoms with Gasteiger partial charge in [-0.1, -0.05) is 13.3 Å². The largest absolute Gasteiger partial charge is 0.393 e. The fourth-order valence-electron chi connectivity index (χ4n) is 1.67. The lowest BCUT2D eigenvalue weighted by Crippen LogP contribution is -2.17. The lowest BCUT2D eigenvalue weighted by Gasteiger charge is -2.20. The van der Waals surface area contributed by atoms with Crippen molar-refractivity contribution in [2.45, 2.75) is 45.8 Å². The van der Waals surface area contributed by atoms with Crippen LogP contribution in [-0.2, 0) is 4.57 Å². The van der Waals surface area contributed by atoms with E-state index in [1.165, 1.54) is 0 Å². The third kappa shape index (κ3) is 6.58. The van der Waals surface area contributed by atoms with Gasteiger partial charge >= 0.3 is 0 Å². The van der Waals surface area contributed by atoms with Crippen LogP contribution in [0.5, 0.6) is 0 Å². The van der Waals surface area contributed by atoms with E-state index in [1.807, 2.05) is 0 Å². The van der Waals surface area contributed by atoms with Crippen molar-refractivity contribution in [3.8, 4) is 0 Å². The molecule has 0 bridgehead atoms. The third-order valence-corrected chi connectivity index (χ3v) is 5.63. The first-order valence-electron chi connectivity index (χ1n) is 5.33. The smallest absolute Gasteiger partial charge is 0.0927 e. The molecule has 2 atom stereocenters. The first-order chi connectivity index (χ1) is 6.39. The van der Waals surface area contributed by atoms with E-state index < -0.39 is 19.3 Å². The van der Waals surface area contributed by atoms with E-state index in [2.05, 4.69) is 6.92 Å². The van der Waals surface area contributed by atoms with Crippen LogP contribution >= 0.6 is 7.14 Å². The first kappa shape index (κ1) is 14.2. The van der Waals surface area contributed by atoms with Crippen LogP contribution in [0.15, 0.2) is 0 Å². The van der Waals surface area contributed by atoms with Gasteiger partial charge in [-0.2, -0.15) is 0 Å². The Bertz CT molecular complexity index is 176. The van der Waals surface area contributed by atoms with Gasteiger partial charge in [-0.25, -0.2) is 0 Å². The molecule has 14 heavy (non-hydrogen) atoms. The van der Waals surface area contributed by atoms with Gasteiger partial charge in [0.1, 0.15) is 0 Å². The van der Waals surface area contributed by atoms with Crippen LogP contribution in [0.25, 0.3) is 0 Å². The van der Waals surface area contributed by atoms with E-state index in [0.29, 0.717) is 18.5 Å². The van der Waals surface area contributed by atoms with Crippen molar-refractivity contribution < 1.29 is 14.8 Å². The average molecular weight is 222 g/mol. The molecule has 2 unspecified atom stereocenters. The second-order valence-electron chi connectivity index (χ2n) is 4.20. The molecule has 0 aromatic rings. The van der Waals surface area contributed by atoms with E-state index >= 15 is 0 Å². The maximum absolute atomic E-state index is 12.3.